The van der Waals surface area contributed by atoms with Crippen LogP contribution in [-0.2, 0) is 11.3 Å². The van der Waals surface area contributed by atoms with Crippen LogP contribution in [0.1, 0.15) is 37.8 Å². The van der Waals surface area contributed by atoms with Gasteiger partial charge >= 0.3 is 0 Å². The third-order valence-corrected chi connectivity index (χ3v) is 4.90. The van der Waals surface area contributed by atoms with E-state index in [1.807, 2.05) is 4.90 Å². The van der Waals surface area contributed by atoms with Gasteiger partial charge in [0.05, 0.1) is 6.54 Å². The summed E-state index contributed by atoms with van der Waals surface area (Å²) in [7, 11) is 0. The van der Waals surface area contributed by atoms with Crippen molar-refractivity contribution in [3.63, 3.8) is 0 Å². The van der Waals surface area contributed by atoms with Crippen LogP contribution >= 0.6 is 0 Å². The second kappa shape index (κ2) is 11.6. The highest BCUT2D eigenvalue weighted by Crippen LogP contribution is 2.04. The van der Waals surface area contributed by atoms with Crippen LogP contribution in [0.5, 0.6) is 0 Å². The molecule has 0 aliphatic carbocycles. The predicted octanol–water partition coefficient (Wildman–Crippen LogP) is 1.99. The minimum atomic E-state index is 0.179. The standard InChI is InChI=1S/C21H35N5O/c1-4-5-10-22-21(24-17-20-8-6-18(2)7-9-20)23-11-12-25-13-15-26(16-14-25)19(3)27/h6-9H,4-5,10-17H2,1-3H3,(H2,22,23,24). The lowest BCUT2D eigenvalue weighted by Gasteiger charge is -2.34. The van der Waals surface area contributed by atoms with Crippen LogP contribution in [0.15, 0.2) is 29.3 Å². The second-order valence-corrected chi connectivity index (χ2v) is 7.21. The molecule has 1 fully saturated rings. The molecule has 0 spiro atoms. The van der Waals surface area contributed by atoms with Crippen LogP contribution in [0.3, 0.4) is 0 Å². The molecule has 27 heavy (non-hydrogen) atoms. The highest BCUT2D eigenvalue weighted by Gasteiger charge is 2.17. The molecule has 0 radical (unpaired) electrons. The minimum absolute atomic E-state index is 0.179. The van der Waals surface area contributed by atoms with Crippen molar-refractivity contribution in [1.82, 2.24) is 20.4 Å². The molecule has 2 rings (SSSR count). The van der Waals surface area contributed by atoms with E-state index in [-0.39, 0.29) is 5.91 Å². The quantitative estimate of drug-likeness (QED) is 0.416. The fourth-order valence-corrected chi connectivity index (χ4v) is 3.04. The van der Waals surface area contributed by atoms with E-state index in [4.69, 9.17) is 4.99 Å². The molecule has 0 bridgehead atoms. The number of carbonyl (C=O) groups is 1. The Bertz CT molecular complexity index is 591. The van der Waals surface area contributed by atoms with Crippen molar-refractivity contribution in [2.45, 2.75) is 40.2 Å². The van der Waals surface area contributed by atoms with Gasteiger partial charge in [0.25, 0.3) is 0 Å². The number of hydrogen-bond donors (Lipinski definition) is 2. The van der Waals surface area contributed by atoms with Crippen LogP contribution in [0.2, 0.25) is 0 Å². The molecule has 1 aromatic carbocycles. The van der Waals surface area contributed by atoms with Gasteiger partial charge < -0.3 is 15.5 Å². The third kappa shape index (κ3) is 7.99. The topological polar surface area (TPSA) is 60.0 Å². The van der Waals surface area contributed by atoms with Crippen molar-refractivity contribution >= 4 is 11.9 Å². The first-order chi connectivity index (χ1) is 13.1. The molecule has 6 heteroatoms. The van der Waals surface area contributed by atoms with Gasteiger partial charge in [-0.05, 0) is 18.9 Å². The van der Waals surface area contributed by atoms with Crippen molar-refractivity contribution < 1.29 is 4.79 Å². The summed E-state index contributed by atoms with van der Waals surface area (Å²) in [6.45, 7) is 12.9. The summed E-state index contributed by atoms with van der Waals surface area (Å²) >= 11 is 0. The average molecular weight is 374 g/mol. The first-order valence-electron chi connectivity index (χ1n) is 10.1. The lowest BCUT2D eigenvalue weighted by molar-refractivity contribution is -0.130. The van der Waals surface area contributed by atoms with E-state index in [1.54, 1.807) is 6.92 Å². The number of amides is 1. The predicted molar refractivity (Wildman–Crippen MR) is 112 cm³/mol. The molecule has 1 aliphatic heterocycles. The molecule has 1 heterocycles. The van der Waals surface area contributed by atoms with Crippen molar-refractivity contribution in [3.8, 4) is 0 Å². The smallest absolute Gasteiger partial charge is 0.219 e. The summed E-state index contributed by atoms with van der Waals surface area (Å²) in [5.41, 5.74) is 2.49. The lowest BCUT2D eigenvalue weighted by Crippen LogP contribution is -2.50. The van der Waals surface area contributed by atoms with E-state index < -0.39 is 0 Å². The maximum atomic E-state index is 11.4. The number of carbonyl (C=O) groups excluding carboxylic acids is 1. The number of benzene rings is 1. The molecule has 0 unspecified atom stereocenters. The SMILES string of the molecule is CCCCNC(=NCc1ccc(C)cc1)NCCN1CCN(C(C)=O)CC1. The first-order valence-corrected chi connectivity index (χ1v) is 10.1. The summed E-state index contributed by atoms with van der Waals surface area (Å²) in [5.74, 6) is 1.06. The Morgan fingerprint density at radius 1 is 1.07 bits per heavy atom. The molecule has 1 aromatic rings. The van der Waals surface area contributed by atoms with Crippen molar-refractivity contribution in [2.24, 2.45) is 4.99 Å². The number of guanidine groups is 1. The third-order valence-electron chi connectivity index (χ3n) is 4.90. The Kier molecular flexibility index (Phi) is 9.11. The zero-order chi connectivity index (χ0) is 19.5. The van der Waals surface area contributed by atoms with Gasteiger partial charge in [0.1, 0.15) is 0 Å². The fraction of sp³-hybridized carbons (Fsp3) is 0.619. The normalized spacial score (nSPS) is 15.7. The molecule has 1 saturated heterocycles. The van der Waals surface area contributed by atoms with E-state index in [1.165, 1.54) is 17.5 Å². The van der Waals surface area contributed by atoms with Gasteiger partial charge in [0, 0.05) is 52.7 Å². The molecule has 150 valence electrons. The van der Waals surface area contributed by atoms with Gasteiger partial charge in [0.2, 0.25) is 5.91 Å². The first kappa shape index (κ1) is 21.2. The lowest BCUT2D eigenvalue weighted by atomic mass is 10.1. The summed E-state index contributed by atoms with van der Waals surface area (Å²) in [5, 5.41) is 6.89. The highest BCUT2D eigenvalue weighted by molar-refractivity contribution is 5.79. The van der Waals surface area contributed by atoms with Crippen LogP contribution in [-0.4, -0.2) is 67.5 Å². The van der Waals surface area contributed by atoms with Gasteiger partial charge in [-0.2, -0.15) is 0 Å². The molecule has 2 N–H and O–H groups in total. The molecular weight excluding hydrogens is 338 g/mol. The van der Waals surface area contributed by atoms with E-state index in [0.717, 1.165) is 58.2 Å². The Morgan fingerprint density at radius 3 is 2.37 bits per heavy atom. The van der Waals surface area contributed by atoms with E-state index in [0.29, 0.717) is 6.54 Å². The average Bonchev–Trinajstić information content (AvgIpc) is 2.67. The van der Waals surface area contributed by atoms with Crippen molar-refractivity contribution in [3.05, 3.63) is 35.4 Å². The van der Waals surface area contributed by atoms with Gasteiger partial charge in [-0.1, -0.05) is 43.2 Å². The number of aliphatic imine (C=N–C) groups is 1. The molecule has 1 aliphatic rings. The number of rotatable bonds is 8. The number of hydrogen-bond acceptors (Lipinski definition) is 3. The Morgan fingerprint density at radius 2 is 1.74 bits per heavy atom. The summed E-state index contributed by atoms with van der Waals surface area (Å²) < 4.78 is 0. The zero-order valence-electron chi connectivity index (χ0n) is 17.1. The molecule has 6 nitrogen and oxygen atoms in total. The van der Waals surface area contributed by atoms with Gasteiger partial charge in [-0.3, -0.25) is 9.69 Å². The van der Waals surface area contributed by atoms with Gasteiger partial charge in [0.15, 0.2) is 5.96 Å². The van der Waals surface area contributed by atoms with E-state index in [2.05, 4.69) is 53.6 Å². The second-order valence-electron chi connectivity index (χ2n) is 7.21. The van der Waals surface area contributed by atoms with Crippen LogP contribution in [0, 0.1) is 6.92 Å². The maximum Gasteiger partial charge on any atom is 0.219 e. The fourth-order valence-electron chi connectivity index (χ4n) is 3.04. The van der Waals surface area contributed by atoms with Gasteiger partial charge in [-0.25, -0.2) is 4.99 Å². The van der Waals surface area contributed by atoms with Crippen LogP contribution < -0.4 is 10.6 Å². The molecule has 0 saturated carbocycles. The Hall–Kier alpha value is -2.08. The van der Waals surface area contributed by atoms with Crippen LogP contribution in [0.25, 0.3) is 0 Å². The number of nitrogens with zero attached hydrogens (tertiary/aromatic N) is 3. The molecule has 1 amide bonds. The van der Waals surface area contributed by atoms with Gasteiger partial charge in [-0.15, -0.1) is 0 Å². The number of unbranched alkanes of at least 4 members (excludes halogenated alkanes) is 1. The largest absolute Gasteiger partial charge is 0.356 e. The minimum Gasteiger partial charge on any atom is -0.356 e. The number of nitrogens with one attached hydrogen (secondary N) is 2. The van der Waals surface area contributed by atoms with Crippen molar-refractivity contribution in [2.75, 3.05) is 45.8 Å². The Labute approximate surface area is 164 Å². The summed E-state index contributed by atoms with van der Waals surface area (Å²) in [6, 6.07) is 8.53. The molecule has 0 atom stereocenters. The maximum absolute atomic E-state index is 11.4. The molecular formula is C21H35N5O. The van der Waals surface area contributed by atoms with Crippen molar-refractivity contribution in [1.29, 1.82) is 0 Å². The number of piperazine rings is 1. The zero-order valence-corrected chi connectivity index (χ0v) is 17.1. The van der Waals surface area contributed by atoms with E-state index >= 15 is 0 Å². The summed E-state index contributed by atoms with van der Waals surface area (Å²) in [4.78, 5) is 20.5. The Balaban J connectivity index is 1.78. The van der Waals surface area contributed by atoms with E-state index in [9.17, 15) is 4.79 Å². The summed E-state index contributed by atoms with van der Waals surface area (Å²) in [6.07, 6.45) is 2.30. The van der Waals surface area contributed by atoms with Crippen LogP contribution in [0.4, 0.5) is 0 Å². The monoisotopic (exact) mass is 373 g/mol. The molecule has 0 aromatic heterocycles. The number of aryl methyl sites for hydroxylation is 1. The highest BCUT2D eigenvalue weighted by atomic mass is 16.2.